The number of aryl methyl sites for hydroxylation is 1. The Kier molecular flexibility index (Phi) is 6.45. The second-order valence-electron chi connectivity index (χ2n) is 5.27. The third-order valence-corrected chi connectivity index (χ3v) is 3.56. The molecule has 8 heteroatoms. The molecule has 24 heavy (non-hydrogen) atoms. The minimum absolute atomic E-state index is 0.266. The number of hydrogen-bond donors (Lipinski definition) is 1. The fourth-order valence-corrected chi connectivity index (χ4v) is 2.32. The summed E-state index contributed by atoms with van der Waals surface area (Å²) < 4.78 is 12.3. The Labute approximate surface area is 146 Å². The van der Waals surface area contributed by atoms with Gasteiger partial charge in [-0.1, -0.05) is 17.7 Å². The van der Waals surface area contributed by atoms with E-state index in [0.29, 0.717) is 36.2 Å². The molecule has 2 amide bonds. The number of aromatic nitrogens is 2. The fourth-order valence-electron chi connectivity index (χ4n) is 2.09. The lowest BCUT2D eigenvalue weighted by molar-refractivity contribution is 0.146. The van der Waals surface area contributed by atoms with Crippen molar-refractivity contribution in [2.75, 3.05) is 32.7 Å². The van der Waals surface area contributed by atoms with Crippen molar-refractivity contribution in [1.29, 1.82) is 0 Å². The Hall–Kier alpha value is -2.25. The lowest BCUT2D eigenvalue weighted by Gasteiger charge is -2.19. The van der Waals surface area contributed by atoms with Crippen LogP contribution in [-0.4, -0.2) is 48.1 Å². The summed E-state index contributed by atoms with van der Waals surface area (Å²) in [6.07, 6.45) is 3.59. The fraction of sp³-hybridized carbons (Fsp3) is 0.375. The molecule has 1 aromatic heterocycles. The topological polar surface area (TPSA) is 68.6 Å². The molecule has 2 aromatic rings. The van der Waals surface area contributed by atoms with E-state index in [1.165, 1.54) is 0 Å². The van der Waals surface area contributed by atoms with Crippen LogP contribution >= 0.6 is 11.6 Å². The summed E-state index contributed by atoms with van der Waals surface area (Å²) >= 11 is 6.16. The van der Waals surface area contributed by atoms with Crippen molar-refractivity contribution in [3.8, 4) is 5.75 Å². The molecule has 0 saturated carbocycles. The highest BCUT2D eigenvalue weighted by molar-refractivity contribution is 6.32. The molecule has 130 valence electrons. The second-order valence-corrected chi connectivity index (χ2v) is 5.67. The smallest absolute Gasteiger partial charge is 0.321 e. The van der Waals surface area contributed by atoms with Crippen LogP contribution in [0.25, 0.3) is 0 Å². The van der Waals surface area contributed by atoms with Gasteiger partial charge in [-0.05, 0) is 12.1 Å². The molecule has 0 saturated heterocycles. The van der Waals surface area contributed by atoms with Gasteiger partial charge >= 0.3 is 6.03 Å². The van der Waals surface area contributed by atoms with Gasteiger partial charge in [0.2, 0.25) is 0 Å². The molecule has 0 aliphatic carbocycles. The summed E-state index contributed by atoms with van der Waals surface area (Å²) in [6, 6.07) is 4.93. The van der Waals surface area contributed by atoms with Crippen LogP contribution < -0.4 is 10.1 Å². The number of ether oxygens (including phenoxy) is 2. The van der Waals surface area contributed by atoms with E-state index < -0.39 is 0 Å². The number of nitrogens with zero attached hydrogens (tertiary/aromatic N) is 3. The number of methoxy groups -OCH3 is 1. The van der Waals surface area contributed by atoms with Crippen molar-refractivity contribution in [1.82, 2.24) is 14.7 Å². The van der Waals surface area contributed by atoms with E-state index in [1.54, 1.807) is 48.1 Å². The molecule has 2 rings (SSSR count). The van der Waals surface area contributed by atoms with Gasteiger partial charge in [-0.25, -0.2) is 4.79 Å². The zero-order valence-electron chi connectivity index (χ0n) is 14.0. The predicted octanol–water partition coefficient (Wildman–Crippen LogP) is 2.76. The van der Waals surface area contributed by atoms with E-state index in [0.717, 1.165) is 5.56 Å². The van der Waals surface area contributed by atoms with Gasteiger partial charge < -0.3 is 19.7 Å². The number of carbonyl (C=O) groups is 1. The van der Waals surface area contributed by atoms with Crippen LogP contribution in [0.1, 0.15) is 5.56 Å². The van der Waals surface area contributed by atoms with E-state index >= 15 is 0 Å². The van der Waals surface area contributed by atoms with Crippen molar-refractivity contribution < 1.29 is 14.3 Å². The van der Waals surface area contributed by atoms with E-state index in [2.05, 4.69) is 10.4 Å². The maximum atomic E-state index is 12.4. The largest absolute Gasteiger partial charge is 0.487 e. The van der Waals surface area contributed by atoms with Gasteiger partial charge in [0, 0.05) is 33.0 Å². The molecule has 1 aromatic carbocycles. The van der Waals surface area contributed by atoms with E-state index in [4.69, 9.17) is 21.1 Å². The second kappa shape index (κ2) is 8.56. The molecule has 0 spiro atoms. The van der Waals surface area contributed by atoms with Crippen LogP contribution in [-0.2, 0) is 18.3 Å². The van der Waals surface area contributed by atoms with Crippen molar-refractivity contribution in [2.24, 2.45) is 7.05 Å². The highest BCUT2D eigenvalue weighted by Crippen LogP contribution is 2.33. The van der Waals surface area contributed by atoms with Gasteiger partial charge in [-0.15, -0.1) is 0 Å². The first-order chi connectivity index (χ1) is 11.5. The Morgan fingerprint density at radius 1 is 1.42 bits per heavy atom. The normalized spacial score (nSPS) is 10.5. The number of rotatable bonds is 7. The zero-order chi connectivity index (χ0) is 17.5. The molecule has 0 bridgehead atoms. The lowest BCUT2D eigenvalue weighted by atomic mass is 10.3. The van der Waals surface area contributed by atoms with Gasteiger partial charge in [0.05, 0.1) is 30.1 Å². The minimum Gasteiger partial charge on any atom is -0.487 e. The Balaban J connectivity index is 2.03. The summed E-state index contributed by atoms with van der Waals surface area (Å²) in [6.45, 7) is 1.22. The van der Waals surface area contributed by atoms with Crippen LogP contribution in [0, 0.1) is 0 Å². The standard InChI is InChI=1S/C16H21ClN4O3/c1-20(10-12-9-18-21(2)11-12)16(22)19-14-6-4-5-13(17)15(14)24-8-7-23-3/h4-6,9,11H,7-8,10H2,1-3H3,(H,19,22). The Morgan fingerprint density at radius 2 is 2.21 bits per heavy atom. The van der Waals surface area contributed by atoms with Crippen LogP contribution in [0.4, 0.5) is 10.5 Å². The highest BCUT2D eigenvalue weighted by atomic mass is 35.5. The van der Waals surface area contributed by atoms with Gasteiger partial charge in [0.1, 0.15) is 6.61 Å². The maximum absolute atomic E-state index is 12.4. The number of nitrogens with one attached hydrogen (secondary N) is 1. The maximum Gasteiger partial charge on any atom is 0.321 e. The number of halogens is 1. The number of carbonyl (C=O) groups excluding carboxylic acids is 1. The molecule has 7 nitrogen and oxygen atoms in total. The summed E-state index contributed by atoms with van der Waals surface area (Å²) in [5.74, 6) is 0.430. The zero-order valence-corrected chi connectivity index (χ0v) is 14.7. The number of urea groups is 1. The minimum atomic E-state index is -0.266. The van der Waals surface area contributed by atoms with Crippen molar-refractivity contribution >= 4 is 23.3 Å². The average Bonchev–Trinajstić information content (AvgIpc) is 2.95. The van der Waals surface area contributed by atoms with Gasteiger partial charge in [-0.3, -0.25) is 4.68 Å². The van der Waals surface area contributed by atoms with Gasteiger partial charge in [0.25, 0.3) is 0 Å². The summed E-state index contributed by atoms with van der Waals surface area (Å²) in [4.78, 5) is 13.9. The summed E-state index contributed by atoms with van der Waals surface area (Å²) in [7, 11) is 5.13. The third-order valence-electron chi connectivity index (χ3n) is 3.27. The average molecular weight is 353 g/mol. The molecule has 1 heterocycles. The highest BCUT2D eigenvalue weighted by Gasteiger charge is 2.15. The third kappa shape index (κ3) is 4.87. The summed E-state index contributed by atoms with van der Waals surface area (Å²) in [5, 5.41) is 7.33. The van der Waals surface area contributed by atoms with Crippen LogP contribution in [0.5, 0.6) is 5.75 Å². The Bertz CT molecular complexity index is 690. The lowest BCUT2D eigenvalue weighted by Crippen LogP contribution is -2.31. The summed E-state index contributed by atoms with van der Waals surface area (Å²) in [5.41, 5.74) is 1.46. The molecule has 0 radical (unpaired) electrons. The number of benzene rings is 1. The first-order valence-corrected chi connectivity index (χ1v) is 7.79. The number of hydrogen-bond acceptors (Lipinski definition) is 4. The molecular weight excluding hydrogens is 332 g/mol. The van der Waals surface area contributed by atoms with E-state index in [-0.39, 0.29) is 6.03 Å². The van der Waals surface area contributed by atoms with E-state index in [9.17, 15) is 4.79 Å². The number of amides is 2. The van der Waals surface area contributed by atoms with Gasteiger partial charge in [-0.2, -0.15) is 5.10 Å². The van der Waals surface area contributed by atoms with Crippen LogP contribution in [0.15, 0.2) is 30.6 Å². The molecule has 0 unspecified atom stereocenters. The molecule has 1 N–H and O–H groups in total. The number of anilines is 1. The molecule has 0 atom stereocenters. The predicted molar refractivity (Wildman–Crippen MR) is 92.5 cm³/mol. The molecule has 0 aliphatic rings. The van der Waals surface area contributed by atoms with Crippen molar-refractivity contribution in [2.45, 2.75) is 6.54 Å². The van der Waals surface area contributed by atoms with Gasteiger partial charge in [0.15, 0.2) is 5.75 Å². The quantitative estimate of drug-likeness (QED) is 0.778. The van der Waals surface area contributed by atoms with Crippen molar-refractivity contribution in [3.05, 3.63) is 41.2 Å². The van der Waals surface area contributed by atoms with Crippen LogP contribution in [0.2, 0.25) is 5.02 Å². The van der Waals surface area contributed by atoms with Crippen LogP contribution in [0.3, 0.4) is 0 Å². The molecular formula is C16H21ClN4O3. The van der Waals surface area contributed by atoms with Crippen molar-refractivity contribution in [3.63, 3.8) is 0 Å². The first kappa shape index (κ1) is 18.1. The first-order valence-electron chi connectivity index (χ1n) is 7.41. The van der Waals surface area contributed by atoms with E-state index in [1.807, 2.05) is 13.2 Å². The number of para-hydroxylation sites is 1. The SMILES string of the molecule is COCCOc1c(Cl)cccc1NC(=O)N(C)Cc1cnn(C)c1. The molecule has 0 fully saturated rings. The Morgan fingerprint density at radius 3 is 2.88 bits per heavy atom. The monoisotopic (exact) mass is 352 g/mol. The molecule has 0 aliphatic heterocycles.